The molecule has 0 bridgehead atoms. The Kier molecular flexibility index (Phi) is 4.86. The van der Waals surface area contributed by atoms with E-state index in [-0.39, 0.29) is 0 Å². The molecule has 1 aliphatic carbocycles. The molecule has 2 fully saturated rings. The van der Waals surface area contributed by atoms with Gasteiger partial charge in [-0.3, -0.25) is 0 Å². The topological polar surface area (TPSA) is 3.24 Å². The van der Waals surface area contributed by atoms with Gasteiger partial charge in [-0.15, -0.1) is 0 Å². The van der Waals surface area contributed by atoms with Gasteiger partial charge < -0.3 is 4.90 Å². The molecule has 1 aliphatic heterocycles. The Bertz CT molecular complexity index is 323. The van der Waals surface area contributed by atoms with Crippen LogP contribution in [0.4, 0.5) is 5.69 Å². The summed E-state index contributed by atoms with van der Waals surface area (Å²) in [6.45, 7) is 5.65. The van der Waals surface area contributed by atoms with Gasteiger partial charge >= 0.3 is 0 Å². The van der Waals surface area contributed by atoms with Crippen LogP contribution < -0.4 is 4.90 Å². The Labute approximate surface area is 107 Å². The molecule has 1 aromatic rings. The second-order valence-corrected chi connectivity index (χ2v) is 6.42. The van der Waals surface area contributed by atoms with Gasteiger partial charge in [0.15, 0.2) is 0 Å². The molecule has 2 aliphatic rings. The van der Waals surface area contributed by atoms with Gasteiger partial charge in [0.05, 0.1) is 0 Å². The van der Waals surface area contributed by atoms with E-state index in [1.165, 1.54) is 49.5 Å². The van der Waals surface area contributed by atoms with Crippen LogP contribution in [0.2, 0.25) is 0 Å². The van der Waals surface area contributed by atoms with Crippen molar-refractivity contribution in [3.63, 3.8) is 0 Å². The molecule has 0 aromatic heterocycles. The summed E-state index contributed by atoms with van der Waals surface area (Å²) in [5, 5.41) is 0. The molecule has 1 heterocycles. The Hall–Kier alpha value is -0.550. The Balaban J connectivity index is 0.000000181. The van der Waals surface area contributed by atoms with E-state index in [1.807, 2.05) is 0 Å². The van der Waals surface area contributed by atoms with Crippen molar-refractivity contribution >= 4 is 14.3 Å². The van der Waals surface area contributed by atoms with Crippen molar-refractivity contribution in [3.05, 3.63) is 29.8 Å². The standard InChI is InChI=1S/C10H14NP.C5H10/c1-9-2-4-10(5-3-9)11-6-7-12-8-11;1-2-5-3-4-5/h2-5,12H,6-8H2,1H3;5H,2-4H2,1H3. The normalized spacial score (nSPS) is 20.2. The van der Waals surface area contributed by atoms with Gasteiger partial charge in [0.25, 0.3) is 0 Å². The quantitative estimate of drug-likeness (QED) is 0.708. The first-order chi connectivity index (χ1) is 8.29. The number of nitrogens with zero attached hydrogens (tertiary/aromatic N) is 1. The molecule has 1 atom stereocenters. The molecule has 3 rings (SSSR count). The van der Waals surface area contributed by atoms with Crippen LogP contribution in [0, 0.1) is 12.8 Å². The van der Waals surface area contributed by atoms with Crippen molar-refractivity contribution in [2.75, 3.05) is 23.9 Å². The van der Waals surface area contributed by atoms with Gasteiger partial charge in [-0.2, -0.15) is 0 Å². The molecule has 1 unspecified atom stereocenters. The first kappa shape index (κ1) is 12.9. The lowest BCUT2D eigenvalue weighted by molar-refractivity contribution is 0.799. The van der Waals surface area contributed by atoms with Crippen LogP contribution in [0.3, 0.4) is 0 Å². The van der Waals surface area contributed by atoms with Crippen LogP contribution >= 0.6 is 8.58 Å². The summed E-state index contributed by atoms with van der Waals surface area (Å²) in [6.07, 6.45) is 7.09. The predicted octanol–water partition coefficient (Wildman–Crippen LogP) is 4.26. The SMILES string of the molecule is CCC1CC1.Cc1ccc(N2CCPC2)cc1. The average Bonchev–Trinajstić information content (AvgIpc) is 3.05. The Morgan fingerprint density at radius 3 is 2.35 bits per heavy atom. The highest BCUT2D eigenvalue weighted by atomic mass is 31.1. The first-order valence-electron chi connectivity index (χ1n) is 6.82. The summed E-state index contributed by atoms with van der Waals surface area (Å²) in [4.78, 5) is 2.47. The van der Waals surface area contributed by atoms with Crippen LogP contribution in [0.25, 0.3) is 0 Å². The number of rotatable bonds is 2. The fourth-order valence-corrected chi connectivity index (χ4v) is 3.21. The maximum absolute atomic E-state index is 2.47. The zero-order valence-corrected chi connectivity index (χ0v) is 12.1. The third-order valence-electron chi connectivity index (χ3n) is 3.53. The summed E-state index contributed by atoms with van der Waals surface area (Å²) in [5.74, 6) is 1.13. The molecular weight excluding hydrogens is 225 g/mol. The highest BCUT2D eigenvalue weighted by molar-refractivity contribution is 7.38. The van der Waals surface area contributed by atoms with Crippen LogP contribution in [0.5, 0.6) is 0 Å². The van der Waals surface area contributed by atoms with Gasteiger partial charge in [-0.1, -0.05) is 52.5 Å². The third-order valence-corrected chi connectivity index (χ3v) is 4.72. The molecule has 2 heteroatoms. The molecule has 0 spiro atoms. The molecule has 1 saturated heterocycles. The zero-order valence-electron chi connectivity index (χ0n) is 11.1. The van der Waals surface area contributed by atoms with Crippen molar-refractivity contribution in [1.82, 2.24) is 0 Å². The third kappa shape index (κ3) is 4.32. The van der Waals surface area contributed by atoms with E-state index >= 15 is 0 Å². The van der Waals surface area contributed by atoms with E-state index in [4.69, 9.17) is 0 Å². The molecule has 1 saturated carbocycles. The molecule has 0 amide bonds. The van der Waals surface area contributed by atoms with E-state index in [0.717, 1.165) is 14.5 Å². The van der Waals surface area contributed by atoms with Crippen molar-refractivity contribution < 1.29 is 0 Å². The molecule has 1 nitrogen and oxygen atoms in total. The number of hydrogen-bond acceptors (Lipinski definition) is 1. The minimum absolute atomic E-state index is 1.13. The van der Waals surface area contributed by atoms with Gasteiger partial charge in [-0.05, 0) is 31.1 Å². The van der Waals surface area contributed by atoms with E-state index in [0.29, 0.717) is 0 Å². The highest BCUT2D eigenvalue weighted by Gasteiger charge is 2.17. The summed E-state index contributed by atoms with van der Waals surface area (Å²) < 4.78 is 0. The van der Waals surface area contributed by atoms with Crippen molar-refractivity contribution in [3.8, 4) is 0 Å². The zero-order chi connectivity index (χ0) is 12.1. The van der Waals surface area contributed by atoms with Crippen molar-refractivity contribution in [2.24, 2.45) is 5.92 Å². The lowest BCUT2D eigenvalue weighted by Crippen LogP contribution is -2.17. The number of hydrogen-bond donors (Lipinski definition) is 0. The monoisotopic (exact) mass is 249 g/mol. The van der Waals surface area contributed by atoms with Crippen LogP contribution in [-0.2, 0) is 0 Å². The molecule has 1 aromatic carbocycles. The van der Waals surface area contributed by atoms with E-state index in [2.05, 4.69) is 43.0 Å². The minimum atomic E-state index is 1.13. The smallest absolute Gasteiger partial charge is 0.0369 e. The van der Waals surface area contributed by atoms with E-state index < -0.39 is 0 Å². The molecule has 17 heavy (non-hydrogen) atoms. The van der Waals surface area contributed by atoms with Gasteiger partial charge in [-0.25, -0.2) is 0 Å². The summed E-state index contributed by atoms with van der Waals surface area (Å²) in [6, 6.07) is 8.84. The maximum atomic E-state index is 2.47. The lowest BCUT2D eigenvalue weighted by atomic mass is 10.2. The summed E-state index contributed by atoms with van der Waals surface area (Å²) in [7, 11) is 1.14. The molecule has 94 valence electrons. The van der Waals surface area contributed by atoms with Crippen molar-refractivity contribution in [2.45, 2.75) is 33.1 Å². The molecule has 0 radical (unpaired) electrons. The van der Waals surface area contributed by atoms with Gasteiger partial charge in [0.1, 0.15) is 0 Å². The van der Waals surface area contributed by atoms with E-state index in [1.54, 1.807) is 0 Å². The first-order valence-corrected chi connectivity index (χ1v) is 8.23. The number of benzene rings is 1. The van der Waals surface area contributed by atoms with Gasteiger partial charge in [0, 0.05) is 18.5 Å². The Morgan fingerprint density at radius 1 is 1.24 bits per heavy atom. The van der Waals surface area contributed by atoms with Crippen LogP contribution in [0.15, 0.2) is 24.3 Å². The molecule has 0 N–H and O–H groups in total. The van der Waals surface area contributed by atoms with Crippen LogP contribution in [0.1, 0.15) is 31.7 Å². The largest absolute Gasteiger partial charge is 0.367 e. The summed E-state index contributed by atoms with van der Waals surface area (Å²) >= 11 is 0. The van der Waals surface area contributed by atoms with Crippen LogP contribution in [-0.4, -0.2) is 19.0 Å². The second kappa shape index (κ2) is 6.40. The number of aryl methyl sites for hydroxylation is 1. The predicted molar refractivity (Wildman–Crippen MR) is 79.6 cm³/mol. The second-order valence-electron chi connectivity index (χ2n) is 5.11. The summed E-state index contributed by atoms with van der Waals surface area (Å²) in [5.41, 5.74) is 2.74. The lowest BCUT2D eigenvalue weighted by Gasteiger charge is -2.16. The minimum Gasteiger partial charge on any atom is -0.367 e. The van der Waals surface area contributed by atoms with Crippen molar-refractivity contribution in [1.29, 1.82) is 0 Å². The van der Waals surface area contributed by atoms with E-state index in [9.17, 15) is 0 Å². The maximum Gasteiger partial charge on any atom is 0.0369 e. The highest BCUT2D eigenvalue weighted by Crippen LogP contribution is 2.31. The average molecular weight is 249 g/mol. The molecular formula is C15H24NP. The Morgan fingerprint density at radius 2 is 1.94 bits per heavy atom. The fraction of sp³-hybridized carbons (Fsp3) is 0.600. The van der Waals surface area contributed by atoms with Gasteiger partial charge in [0.2, 0.25) is 0 Å². The fourth-order valence-electron chi connectivity index (χ4n) is 2.01. The number of anilines is 1.